The first-order chi connectivity index (χ1) is 44.9. The van der Waals surface area contributed by atoms with Crippen LogP contribution < -0.4 is 16.1 Å². The maximum atomic E-state index is 16.6. The molecule has 4 aromatic carbocycles. The number of nitrogens with zero attached hydrogens (tertiary/aromatic N) is 3. The third kappa shape index (κ3) is 12.0. The molecular formula is C69H67N5O21. The minimum absolute atomic E-state index is 0.00230. The van der Waals surface area contributed by atoms with Gasteiger partial charge in [-0.2, -0.15) is 0 Å². The average Bonchev–Trinajstić information content (AvgIpc) is 0.668. The summed E-state index contributed by atoms with van der Waals surface area (Å²) in [6.07, 6.45) is -11.1. The van der Waals surface area contributed by atoms with Crippen molar-refractivity contribution in [2.75, 3.05) is 6.61 Å². The lowest BCUT2D eigenvalue weighted by molar-refractivity contribution is -0.346. The number of carbonyl (C=O) groups is 9. The van der Waals surface area contributed by atoms with Gasteiger partial charge in [0.05, 0.1) is 35.1 Å². The van der Waals surface area contributed by atoms with Gasteiger partial charge in [0, 0.05) is 82.5 Å². The van der Waals surface area contributed by atoms with Crippen molar-refractivity contribution in [3.8, 4) is 28.2 Å². The molecule has 1 saturated heterocycles. The monoisotopic (exact) mass is 1300 g/mol. The van der Waals surface area contributed by atoms with E-state index in [-0.39, 0.29) is 67.3 Å². The Kier molecular flexibility index (Phi) is 18.3. The number of allylic oxidation sites excluding steroid dienone is 1. The first-order valence-electron chi connectivity index (χ1n) is 30.2. The number of aromatic carboxylic acids is 1. The van der Waals surface area contributed by atoms with E-state index in [1.54, 1.807) is 37.3 Å². The van der Waals surface area contributed by atoms with Gasteiger partial charge in [0.2, 0.25) is 5.91 Å². The Bertz CT molecular complexity index is 4340. The number of carboxylic acid groups (broad SMARTS) is 1. The number of amides is 2. The lowest BCUT2D eigenvalue weighted by Gasteiger charge is -2.67. The van der Waals surface area contributed by atoms with Crippen molar-refractivity contribution in [1.29, 1.82) is 0 Å². The van der Waals surface area contributed by atoms with E-state index in [4.69, 9.17) is 32.8 Å². The number of fused-ring (bicyclic) bond motifs is 7. The molecule has 6 N–H and O–H groups in total. The highest BCUT2D eigenvalue weighted by Gasteiger charge is 2.79. The minimum Gasteiger partial charge on any atom is -0.508 e. The number of aliphatic hydroxyl groups excluding tert-OH is 1. The second-order valence-electron chi connectivity index (χ2n) is 24.8. The normalized spacial score (nSPS) is 25.2. The second-order valence-corrected chi connectivity index (χ2v) is 24.8. The van der Waals surface area contributed by atoms with Crippen LogP contribution in [-0.4, -0.2) is 134 Å². The first kappa shape index (κ1) is 67.4. The van der Waals surface area contributed by atoms with Crippen LogP contribution in [0, 0.1) is 16.7 Å². The lowest BCUT2D eigenvalue weighted by Crippen LogP contribution is -2.82. The molecule has 4 aromatic rings. The van der Waals surface area contributed by atoms with Crippen molar-refractivity contribution in [2.45, 2.75) is 135 Å². The fourth-order valence-electron chi connectivity index (χ4n) is 13.9. The molecule has 10 rings (SSSR count). The number of carboxylic acids is 1. The number of rotatable bonds is 17. The number of Topliss-reactive ketones (excluding diaryl/α,β-unsaturated/α-hetero) is 1. The predicted molar refractivity (Wildman–Crippen MR) is 334 cm³/mol. The van der Waals surface area contributed by atoms with Crippen molar-refractivity contribution in [1.82, 2.24) is 10.6 Å². The van der Waals surface area contributed by atoms with Gasteiger partial charge in [-0.3, -0.25) is 28.8 Å². The quantitative estimate of drug-likeness (QED) is 0.00736. The number of azide groups is 1. The minimum atomic E-state index is -2.71. The van der Waals surface area contributed by atoms with E-state index >= 15 is 9.59 Å². The zero-order valence-corrected chi connectivity index (χ0v) is 52.9. The van der Waals surface area contributed by atoms with Crippen LogP contribution in [0.2, 0.25) is 0 Å². The molecule has 2 amide bonds. The molecule has 3 fully saturated rings. The number of phenolic OH excluding ortho intramolecular Hbond substituents is 1. The highest BCUT2D eigenvalue weighted by Crippen LogP contribution is 2.65. The Balaban J connectivity index is 1.07. The third-order valence-electron chi connectivity index (χ3n) is 18.9. The topological polar surface area (TPSA) is 393 Å². The maximum Gasteiger partial charge on any atom is 0.338 e. The van der Waals surface area contributed by atoms with E-state index in [1.165, 1.54) is 120 Å². The van der Waals surface area contributed by atoms with Crippen molar-refractivity contribution in [3.63, 3.8) is 0 Å². The van der Waals surface area contributed by atoms with Gasteiger partial charge in [-0.05, 0) is 111 Å². The van der Waals surface area contributed by atoms with Gasteiger partial charge in [0.15, 0.2) is 29.0 Å². The molecule has 2 heterocycles. The molecule has 494 valence electrons. The summed E-state index contributed by atoms with van der Waals surface area (Å²) in [6.45, 7) is 11.4. The Hall–Kier alpha value is -10.5. The summed E-state index contributed by atoms with van der Waals surface area (Å²) in [5, 5.41) is 56.4. The molecule has 4 aliphatic carbocycles. The van der Waals surface area contributed by atoms with E-state index in [9.17, 15) is 64.3 Å². The van der Waals surface area contributed by atoms with Crippen LogP contribution in [0.25, 0.3) is 43.9 Å². The van der Waals surface area contributed by atoms with Gasteiger partial charge >= 0.3 is 35.8 Å². The number of ketones is 1. The van der Waals surface area contributed by atoms with Gasteiger partial charge in [-0.25, -0.2) is 19.2 Å². The number of carbonyl (C=O) groups excluding carboxylic acids is 8. The molecule has 2 bridgehead atoms. The molecule has 6 aliphatic rings. The largest absolute Gasteiger partial charge is 0.508 e. The van der Waals surface area contributed by atoms with Crippen LogP contribution >= 0.6 is 0 Å². The number of hydrogen-bond donors (Lipinski definition) is 6. The number of aliphatic hydroxyl groups is 2. The number of aromatic hydroxyl groups is 1. The fourth-order valence-corrected chi connectivity index (χ4v) is 13.9. The van der Waals surface area contributed by atoms with Crippen LogP contribution in [0.1, 0.15) is 118 Å². The Morgan fingerprint density at radius 3 is 2.18 bits per heavy atom. The molecule has 2 saturated carbocycles. The summed E-state index contributed by atoms with van der Waals surface area (Å²) in [4.78, 5) is 145. The first-order valence-corrected chi connectivity index (χ1v) is 30.2. The van der Waals surface area contributed by atoms with Crippen molar-refractivity contribution in [3.05, 3.63) is 175 Å². The standard InChI is InChI=1S/C69H67N5O21/c1-10-32(2)60(81)72-54(37-15-12-11-13-16-37)55(79)65(87)92-49-30-69(88)59(94-64(86)39-17-14-18-40(25-39)73-74-70)57-67(9,58(80)56(90-35(5)75)53(33(49)3)66(69,7)8)50(29-51-68(57,31-89-51)95-36(6)76)93-63(85)34(4)71-61(82)38-19-22-43(46(26-38)62(83)84)52-44-23-20-41(77)27-47(44)91-48-28-42(78)21-24-45(48)52/h10-28,34,49-51,54-57,59,77,79,88H,29-31H2,1-9H3,(H,71,82)(H,72,81)(H,83,84)/b32-10+/t34-,49-,50-,51+,54-,55+,56+,57-,59-,67+,68-,69+/m0/s1. The molecule has 26 heteroatoms. The SMILES string of the molecule is C/C=C(\C)C(=O)N[C@@H](c1ccccc1)[C@@H](O)C(=O)O[C@H]1C[C@@]2(O)[C@@H](OC(=O)c3cccc(N=[N+]=[N-])c3)[C@@H]3[C@]4(OC(C)=O)CO[C@@H]4C[C@H](OC(=O)[C@H](C)NC(=O)c4ccc(-c5c6ccc(=O)cc-6oc6cc(O)ccc56)c(C(=O)O)c4)[C@@]3(C)C(=O)[C@H](OC(C)=O)C(=C1C)C2(C)C. The summed E-state index contributed by atoms with van der Waals surface area (Å²) in [5.41, 5.74) is -0.147. The van der Waals surface area contributed by atoms with Crippen LogP contribution in [0.4, 0.5) is 5.69 Å². The smallest absolute Gasteiger partial charge is 0.338 e. The Morgan fingerprint density at radius 1 is 0.811 bits per heavy atom. The van der Waals surface area contributed by atoms with Crippen molar-refractivity contribution >= 4 is 70.1 Å². The molecule has 12 atom stereocenters. The molecule has 0 spiro atoms. The zero-order valence-electron chi connectivity index (χ0n) is 52.9. The summed E-state index contributed by atoms with van der Waals surface area (Å²) in [5.74, 6) is -12.1. The third-order valence-corrected chi connectivity index (χ3v) is 18.9. The predicted octanol–water partition coefficient (Wildman–Crippen LogP) is 7.98. The van der Waals surface area contributed by atoms with E-state index in [2.05, 4.69) is 20.7 Å². The van der Waals surface area contributed by atoms with Crippen LogP contribution in [-0.2, 0) is 57.2 Å². The van der Waals surface area contributed by atoms with Crippen LogP contribution in [0.5, 0.6) is 5.75 Å². The van der Waals surface area contributed by atoms with Crippen LogP contribution in [0.15, 0.2) is 146 Å². The number of nitrogens with one attached hydrogen (secondary N) is 2. The van der Waals surface area contributed by atoms with Crippen molar-refractivity contribution < 1.29 is 96.4 Å². The number of benzene rings is 5. The Labute approximate surface area is 541 Å². The summed E-state index contributed by atoms with van der Waals surface area (Å²) < 4.78 is 43.5. The summed E-state index contributed by atoms with van der Waals surface area (Å²) in [6, 6.07) is 21.8. The number of phenols is 1. The van der Waals surface area contributed by atoms with E-state index in [0.717, 1.165) is 19.9 Å². The van der Waals surface area contributed by atoms with E-state index in [0.29, 0.717) is 10.9 Å². The second kappa shape index (κ2) is 25.8. The van der Waals surface area contributed by atoms with Gasteiger partial charge in [-0.15, -0.1) is 0 Å². The fraction of sp³-hybridized carbons (Fsp3) is 0.362. The summed E-state index contributed by atoms with van der Waals surface area (Å²) >= 11 is 0. The molecule has 95 heavy (non-hydrogen) atoms. The highest BCUT2D eigenvalue weighted by molar-refractivity contribution is 6.09. The van der Waals surface area contributed by atoms with Gasteiger partial charge in [-0.1, -0.05) is 73.6 Å². The number of esters is 5. The van der Waals surface area contributed by atoms with E-state index < -0.39 is 161 Å². The highest BCUT2D eigenvalue weighted by atomic mass is 16.6. The molecule has 0 aromatic heterocycles. The molecule has 0 unspecified atom stereocenters. The molecule has 0 radical (unpaired) electrons. The molecule has 26 nitrogen and oxygen atoms in total. The average molecular weight is 1300 g/mol. The van der Waals surface area contributed by atoms with Gasteiger partial charge in [0.1, 0.15) is 53.2 Å². The van der Waals surface area contributed by atoms with E-state index in [1.807, 2.05) is 0 Å². The number of hydrogen-bond acceptors (Lipinski definition) is 21. The molecule has 2 aliphatic heterocycles. The van der Waals surface area contributed by atoms with Crippen molar-refractivity contribution in [2.24, 2.45) is 21.9 Å². The summed E-state index contributed by atoms with van der Waals surface area (Å²) in [7, 11) is 0. The van der Waals surface area contributed by atoms with Gasteiger partial charge < -0.3 is 63.9 Å². The number of ether oxygens (including phenoxy) is 6. The van der Waals surface area contributed by atoms with Crippen LogP contribution in [0.3, 0.4) is 0 Å². The van der Waals surface area contributed by atoms with Gasteiger partial charge in [0.25, 0.3) is 5.91 Å². The molecular weight excluding hydrogens is 1230 g/mol. The Morgan fingerprint density at radius 2 is 1.53 bits per heavy atom. The maximum absolute atomic E-state index is 16.6. The zero-order chi connectivity index (χ0) is 69.0. The lowest BCUT2D eigenvalue weighted by atomic mass is 9.44.